The number of para-hydroxylation sites is 1. The van der Waals surface area contributed by atoms with E-state index in [4.69, 9.17) is 14.0 Å². The summed E-state index contributed by atoms with van der Waals surface area (Å²) in [5, 5.41) is 4.44. The summed E-state index contributed by atoms with van der Waals surface area (Å²) in [7, 11) is 3.20. The van der Waals surface area contributed by atoms with E-state index in [0.717, 1.165) is 16.8 Å². The van der Waals surface area contributed by atoms with E-state index < -0.39 is 0 Å². The third-order valence-corrected chi connectivity index (χ3v) is 5.58. The summed E-state index contributed by atoms with van der Waals surface area (Å²) in [5.74, 6) is 2.00. The highest BCUT2D eigenvalue weighted by molar-refractivity contribution is 5.91. The van der Waals surface area contributed by atoms with Gasteiger partial charge in [0.1, 0.15) is 18.2 Å². The predicted molar refractivity (Wildman–Crippen MR) is 131 cm³/mol. The van der Waals surface area contributed by atoms with Crippen molar-refractivity contribution in [3.05, 3.63) is 87.3 Å². The Morgan fingerprint density at radius 1 is 1.17 bits per heavy atom. The number of aromatic amines is 1. The van der Waals surface area contributed by atoms with Gasteiger partial charge in [-0.1, -0.05) is 23.4 Å². The summed E-state index contributed by atoms with van der Waals surface area (Å²) in [6, 6.07) is 12.5. The van der Waals surface area contributed by atoms with Gasteiger partial charge in [-0.2, -0.15) is 0 Å². The number of benzene rings is 2. The number of aryl methyl sites for hydroxylation is 2. The first-order chi connectivity index (χ1) is 16.9. The highest BCUT2D eigenvalue weighted by Crippen LogP contribution is 2.30. The fourth-order valence-electron chi connectivity index (χ4n) is 3.57. The number of hydrogen-bond acceptors (Lipinski definition) is 7. The summed E-state index contributed by atoms with van der Waals surface area (Å²) in [6.45, 7) is 4.18. The summed E-state index contributed by atoms with van der Waals surface area (Å²) in [6.07, 6.45) is 3.15. The van der Waals surface area contributed by atoms with Crippen LogP contribution in [0.15, 0.2) is 57.9 Å². The Balaban J connectivity index is 1.42. The van der Waals surface area contributed by atoms with Crippen LogP contribution < -0.4 is 15.0 Å². The maximum absolute atomic E-state index is 12.6. The number of fused-ring (bicyclic) bond motifs is 1. The fraction of sp³-hybridized carbons (Fsp3) is 0.231. The van der Waals surface area contributed by atoms with Crippen molar-refractivity contribution < 1.29 is 18.8 Å². The first-order valence-corrected chi connectivity index (χ1v) is 11.0. The van der Waals surface area contributed by atoms with E-state index in [1.54, 1.807) is 50.6 Å². The van der Waals surface area contributed by atoms with Crippen molar-refractivity contribution >= 4 is 22.9 Å². The number of methoxy groups -OCH3 is 1. The quantitative estimate of drug-likeness (QED) is 0.387. The van der Waals surface area contributed by atoms with E-state index >= 15 is 0 Å². The third-order valence-electron chi connectivity index (χ3n) is 5.58. The molecule has 2 aromatic carbocycles. The SMILES string of the molecule is COc1cc(C=CC(=O)N(C)Cc2nc3ccccc3c(=O)[nH]2)ccc1OCc1c(C)noc1C. The molecule has 0 atom stereocenters. The van der Waals surface area contributed by atoms with Gasteiger partial charge in [0.15, 0.2) is 11.5 Å². The predicted octanol–water partition coefficient (Wildman–Crippen LogP) is 3.79. The molecule has 35 heavy (non-hydrogen) atoms. The number of carbonyl (C=O) groups excluding carboxylic acids is 1. The van der Waals surface area contributed by atoms with Gasteiger partial charge in [0, 0.05) is 13.1 Å². The summed E-state index contributed by atoms with van der Waals surface area (Å²) in [4.78, 5) is 33.5. The molecule has 0 radical (unpaired) electrons. The molecule has 0 aliphatic heterocycles. The molecule has 1 N–H and O–H groups in total. The zero-order valence-corrected chi connectivity index (χ0v) is 20.0. The number of amides is 1. The molecule has 4 rings (SSSR count). The first-order valence-electron chi connectivity index (χ1n) is 11.0. The highest BCUT2D eigenvalue weighted by Gasteiger charge is 2.13. The van der Waals surface area contributed by atoms with Crippen molar-refractivity contribution in [3.63, 3.8) is 0 Å². The highest BCUT2D eigenvalue weighted by atomic mass is 16.5. The largest absolute Gasteiger partial charge is 0.493 e. The monoisotopic (exact) mass is 474 g/mol. The molecule has 9 heteroatoms. The van der Waals surface area contributed by atoms with Crippen LogP contribution in [0.3, 0.4) is 0 Å². The molecule has 9 nitrogen and oxygen atoms in total. The summed E-state index contributed by atoms with van der Waals surface area (Å²) in [5.41, 5.74) is 2.81. The van der Waals surface area contributed by atoms with E-state index in [-0.39, 0.29) is 18.0 Å². The second-order valence-corrected chi connectivity index (χ2v) is 8.06. The molecular formula is C26H26N4O5. The second-order valence-electron chi connectivity index (χ2n) is 8.06. The average Bonchev–Trinajstić information content (AvgIpc) is 3.18. The van der Waals surface area contributed by atoms with Gasteiger partial charge in [0.05, 0.1) is 35.8 Å². The van der Waals surface area contributed by atoms with Crippen LogP contribution in [0.4, 0.5) is 0 Å². The number of rotatable bonds is 8. The Morgan fingerprint density at radius 3 is 2.71 bits per heavy atom. The van der Waals surface area contributed by atoms with E-state index in [0.29, 0.717) is 40.6 Å². The van der Waals surface area contributed by atoms with Gasteiger partial charge >= 0.3 is 0 Å². The Labute approximate surface area is 202 Å². The normalized spacial score (nSPS) is 11.2. The molecular weight excluding hydrogens is 448 g/mol. The van der Waals surface area contributed by atoms with Gasteiger partial charge in [-0.15, -0.1) is 0 Å². The number of carbonyl (C=O) groups is 1. The Kier molecular flexibility index (Phi) is 6.96. The Bertz CT molecular complexity index is 1430. The van der Waals surface area contributed by atoms with Crippen molar-refractivity contribution in [1.29, 1.82) is 0 Å². The molecule has 180 valence electrons. The van der Waals surface area contributed by atoms with Crippen LogP contribution in [0.5, 0.6) is 11.5 Å². The number of hydrogen-bond donors (Lipinski definition) is 1. The lowest BCUT2D eigenvalue weighted by atomic mass is 10.1. The maximum atomic E-state index is 12.6. The van der Waals surface area contributed by atoms with E-state index in [1.807, 2.05) is 26.0 Å². The minimum Gasteiger partial charge on any atom is -0.493 e. The van der Waals surface area contributed by atoms with Crippen LogP contribution in [-0.2, 0) is 17.9 Å². The molecule has 2 aromatic heterocycles. The van der Waals surface area contributed by atoms with Gasteiger partial charge in [-0.3, -0.25) is 9.59 Å². The molecule has 2 heterocycles. The van der Waals surface area contributed by atoms with Crippen molar-refractivity contribution in [2.24, 2.45) is 0 Å². The molecule has 0 aliphatic carbocycles. The van der Waals surface area contributed by atoms with Crippen LogP contribution >= 0.6 is 0 Å². The zero-order valence-electron chi connectivity index (χ0n) is 20.0. The lowest BCUT2D eigenvalue weighted by molar-refractivity contribution is -0.125. The first kappa shape index (κ1) is 23.7. The zero-order chi connectivity index (χ0) is 24.9. The Morgan fingerprint density at radius 2 is 1.97 bits per heavy atom. The number of nitrogens with one attached hydrogen (secondary N) is 1. The molecule has 1 amide bonds. The summed E-state index contributed by atoms with van der Waals surface area (Å²) < 4.78 is 16.5. The number of ether oxygens (including phenoxy) is 2. The second kappa shape index (κ2) is 10.3. The minimum absolute atomic E-state index is 0.168. The lowest BCUT2D eigenvalue weighted by Gasteiger charge is -2.14. The fourth-order valence-corrected chi connectivity index (χ4v) is 3.57. The number of H-pyrrole nitrogens is 1. The number of likely N-dealkylation sites (N-methyl/N-ethyl adjacent to an activating group) is 1. The molecule has 0 unspecified atom stereocenters. The molecule has 0 saturated heterocycles. The standard InChI is InChI=1S/C26H26N4O5/c1-16-20(17(2)35-29-16)15-34-22-11-9-18(13-23(22)33-4)10-12-25(31)30(3)14-24-27-21-8-6-5-7-19(21)26(32)28-24/h5-13H,14-15H2,1-4H3,(H,27,28,32). The molecule has 4 aromatic rings. The molecule has 0 spiro atoms. The molecule has 0 aliphatic rings. The lowest BCUT2D eigenvalue weighted by Crippen LogP contribution is -2.26. The van der Waals surface area contributed by atoms with Crippen molar-refractivity contribution in [1.82, 2.24) is 20.0 Å². The summed E-state index contributed by atoms with van der Waals surface area (Å²) >= 11 is 0. The number of aromatic nitrogens is 3. The van der Waals surface area contributed by atoms with Crippen molar-refractivity contribution in [2.75, 3.05) is 14.2 Å². The molecule has 0 fully saturated rings. The maximum Gasteiger partial charge on any atom is 0.258 e. The number of nitrogens with zero attached hydrogens (tertiary/aromatic N) is 3. The van der Waals surface area contributed by atoms with Crippen molar-refractivity contribution in [3.8, 4) is 11.5 Å². The van der Waals surface area contributed by atoms with Crippen LogP contribution in [-0.4, -0.2) is 40.1 Å². The van der Waals surface area contributed by atoms with Crippen LogP contribution in [0.1, 0.15) is 28.4 Å². The molecule has 0 saturated carbocycles. The van der Waals surface area contributed by atoms with Gasteiger partial charge in [-0.05, 0) is 49.8 Å². The average molecular weight is 475 g/mol. The van der Waals surface area contributed by atoms with E-state index in [1.165, 1.54) is 11.0 Å². The van der Waals surface area contributed by atoms with Gasteiger partial charge in [0.2, 0.25) is 5.91 Å². The van der Waals surface area contributed by atoms with E-state index in [9.17, 15) is 9.59 Å². The van der Waals surface area contributed by atoms with Gasteiger partial charge < -0.3 is 23.9 Å². The van der Waals surface area contributed by atoms with E-state index in [2.05, 4.69) is 15.1 Å². The van der Waals surface area contributed by atoms with Crippen LogP contribution in [0.25, 0.3) is 17.0 Å². The smallest absolute Gasteiger partial charge is 0.258 e. The Hall–Kier alpha value is -4.40. The minimum atomic E-state index is -0.237. The van der Waals surface area contributed by atoms with Crippen LogP contribution in [0, 0.1) is 13.8 Å². The third kappa shape index (κ3) is 5.40. The topological polar surface area (TPSA) is 111 Å². The molecule has 0 bridgehead atoms. The van der Waals surface area contributed by atoms with Crippen molar-refractivity contribution in [2.45, 2.75) is 27.0 Å². The van der Waals surface area contributed by atoms with Crippen LogP contribution in [0.2, 0.25) is 0 Å². The van der Waals surface area contributed by atoms with Gasteiger partial charge in [0.25, 0.3) is 5.56 Å². The van der Waals surface area contributed by atoms with Gasteiger partial charge in [-0.25, -0.2) is 4.98 Å².